The van der Waals surface area contributed by atoms with Gasteiger partial charge in [0.25, 0.3) is 0 Å². The van der Waals surface area contributed by atoms with Crippen molar-refractivity contribution in [1.82, 2.24) is 5.32 Å². The maximum atomic E-state index is 9.87. The number of hydrogen-bond donors (Lipinski definition) is 3. The minimum atomic E-state index is -0.733. The van der Waals surface area contributed by atoms with Crippen LogP contribution in [0.15, 0.2) is 30.3 Å². The van der Waals surface area contributed by atoms with Gasteiger partial charge in [-0.1, -0.05) is 17.7 Å². The molecule has 0 heterocycles. The van der Waals surface area contributed by atoms with Crippen LogP contribution in [0.5, 0.6) is 5.75 Å². The number of phenols is 1. The fourth-order valence-electron chi connectivity index (χ4n) is 1.84. The Hall–Kier alpha value is -1.29. The van der Waals surface area contributed by atoms with Gasteiger partial charge in [0.15, 0.2) is 0 Å². The number of halogens is 1. The summed E-state index contributed by atoms with van der Waals surface area (Å²) in [5.74, 6) is 0.0996. The Bertz CT molecular complexity index is 542. The largest absolute Gasteiger partial charge is 0.508 e. The molecule has 0 fully saturated rings. The molecule has 0 aliphatic carbocycles. The molecule has 0 radical (unpaired) electrons. The van der Waals surface area contributed by atoms with Crippen molar-refractivity contribution in [2.75, 3.05) is 13.6 Å². The van der Waals surface area contributed by atoms with E-state index < -0.39 is 6.10 Å². The van der Waals surface area contributed by atoms with E-state index in [0.29, 0.717) is 17.1 Å². The molecule has 0 aliphatic rings. The van der Waals surface area contributed by atoms with Gasteiger partial charge in [0.05, 0.1) is 6.10 Å². The summed E-state index contributed by atoms with van der Waals surface area (Å²) in [6.07, 6.45) is -0.733. The summed E-state index contributed by atoms with van der Waals surface area (Å²) in [5, 5.41) is 25.0. The van der Waals surface area contributed by atoms with Crippen LogP contribution in [0.1, 0.15) is 11.7 Å². The molecule has 0 aromatic heterocycles. The second-order valence-electron chi connectivity index (χ2n) is 3.98. The molecule has 0 saturated carbocycles. The Morgan fingerprint density at radius 1 is 1.24 bits per heavy atom. The molecule has 3 nitrogen and oxygen atoms in total. The molecule has 4 heteroatoms. The smallest absolute Gasteiger partial charge is 0.122 e. The highest BCUT2D eigenvalue weighted by Gasteiger charge is 2.12. The number of nitrogens with one attached hydrogen (secondary N) is 1. The van der Waals surface area contributed by atoms with Gasteiger partial charge in [-0.15, -0.1) is 0 Å². The molecular formula is C13H14ClNO2. The third-order valence-corrected chi connectivity index (χ3v) is 2.94. The molecule has 0 spiro atoms. The van der Waals surface area contributed by atoms with E-state index in [-0.39, 0.29) is 5.75 Å². The van der Waals surface area contributed by atoms with Crippen molar-refractivity contribution in [2.45, 2.75) is 6.10 Å². The first-order valence-corrected chi connectivity index (χ1v) is 5.74. The van der Waals surface area contributed by atoms with E-state index in [0.717, 1.165) is 10.8 Å². The minimum absolute atomic E-state index is 0.0996. The van der Waals surface area contributed by atoms with Crippen molar-refractivity contribution in [2.24, 2.45) is 0 Å². The third-order valence-electron chi connectivity index (χ3n) is 2.70. The number of hydrogen-bond acceptors (Lipinski definition) is 3. The van der Waals surface area contributed by atoms with Crippen LogP contribution < -0.4 is 5.32 Å². The van der Waals surface area contributed by atoms with Crippen LogP contribution in [-0.4, -0.2) is 23.8 Å². The molecule has 2 aromatic carbocycles. The van der Waals surface area contributed by atoms with Gasteiger partial charge in [0.1, 0.15) is 5.75 Å². The number of likely N-dealkylation sites (N-methyl/N-ethyl adjacent to an activating group) is 1. The summed E-state index contributed by atoms with van der Waals surface area (Å²) >= 11 is 5.91. The van der Waals surface area contributed by atoms with Crippen molar-refractivity contribution in [1.29, 1.82) is 0 Å². The second kappa shape index (κ2) is 4.92. The highest BCUT2D eigenvalue weighted by molar-refractivity contribution is 6.31. The highest BCUT2D eigenvalue weighted by Crippen LogP contribution is 2.30. The van der Waals surface area contributed by atoms with Crippen LogP contribution in [0.2, 0.25) is 5.02 Å². The number of aromatic hydroxyl groups is 1. The van der Waals surface area contributed by atoms with Crippen molar-refractivity contribution in [3.8, 4) is 5.75 Å². The lowest BCUT2D eigenvalue weighted by atomic mass is 10.0. The lowest BCUT2D eigenvalue weighted by molar-refractivity contribution is 0.174. The second-order valence-corrected chi connectivity index (χ2v) is 4.41. The summed E-state index contributed by atoms with van der Waals surface area (Å²) in [7, 11) is 1.75. The summed E-state index contributed by atoms with van der Waals surface area (Å²) in [5.41, 5.74) is 0.508. The minimum Gasteiger partial charge on any atom is -0.508 e. The van der Waals surface area contributed by atoms with Crippen LogP contribution >= 0.6 is 11.6 Å². The number of fused-ring (bicyclic) bond motifs is 1. The van der Waals surface area contributed by atoms with Crippen molar-refractivity contribution >= 4 is 22.4 Å². The Morgan fingerprint density at radius 2 is 2.00 bits per heavy atom. The lowest BCUT2D eigenvalue weighted by Gasteiger charge is -2.13. The first-order chi connectivity index (χ1) is 8.11. The maximum absolute atomic E-state index is 9.87. The third kappa shape index (κ3) is 2.52. The number of aliphatic hydroxyl groups is 1. The van der Waals surface area contributed by atoms with Gasteiger partial charge in [-0.3, -0.25) is 0 Å². The van der Waals surface area contributed by atoms with Crippen molar-refractivity contribution < 1.29 is 10.2 Å². The predicted molar refractivity (Wildman–Crippen MR) is 69.5 cm³/mol. The van der Waals surface area contributed by atoms with Crippen LogP contribution in [0.3, 0.4) is 0 Å². The summed E-state index contributed by atoms with van der Waals surface area (Å²) in [4.78, 5) is 0. The van der Waals surface area contributed by atoms with E-state index in [2.05, 4.69) is 5.32 Å². The molecule has 0 aliphatic heterocycles. The molecule has 17 heavy (non-hydrogen) atoms. The van der Waals surface area contributed by atoms with E-state index in [4.69, 9.17) is 11.6 Å². The van der Waals surface area contributed by atoms with E-state index in [9.17, 15) is 10.2 Å². The van der Waals surface area contributed by atoms with Gasteiger partial charge in [-0.05, 0) is 42.1 Å². The van der Waals surface area contributed by atoms with Crippen LogP contribution in [0, 0.1) is 0 Å². The lowest BCUT2D eigenvalue weighted by Crippen LogP contribution is -2.16. The summed E-state index contributed by atoms with van der Waals surface area (Å²) in [6, 6.07) is 8.82. The van der Waals surface area contributed by atoms with Gasteiger partial charge in [0.2, 0.25) is 0 Å². The van der Waals surface area contributed by atoms with Crippen LogP contribution in [0.4, 0.5) is 0 Å². The summed E-state index contributed by atoms with van der Waals surface area (Å²) < 4.78 is 0. The Balaban J connectivity index is 2.53. The van der Waals surface area contributed by atoms with Gasteiger partial charge in [0, 0.05) is 17.1 Å². The quantitative estimate of drug-likeness (QED) is 0.786. The molecule has 0 amide bonds. The fourth-order valence-corrected chi connectivity index (χ4v) is 2.02. The standard InChI is InChI=1S/C13H14ClNO2/c1-15-7-13(17)11-5-9-4-10(14)3-2-8(9)6-12(11)16/h2-6,13,15-17H,7H2,1H3. The molecule has 90 valence electrons. The van der Waals surface area contributed by atoms with E-state index in [1.807, 2.05) is 12.1 Å². The van der Waals surface area contributed by atoms with Gasteiger partial charge < -0.3 is 15.5 Å². The zero-order valence-electron chi connectivity index (χ0n) is 9.44. The maximum Gasteiger partial charge on any atom is 0.122 e. The molecule has 2 rings (SSSR count). The number of aliphatic hydroxyl groups excluding tert-OH is 1. The normalized spacial score (nSPS) is 12.9. The van der Waals surface area contributed by atoms with Crippen LogP contribution in [0.25, 0.3) is 10.8 Å². The van der Waals surface area contributed by atoms with Gasteiger partial charge in [-0.2, -0.15) is 0 Å². The van der Waals surface area contributed by atoms with E-state index in [1.165, 1.54) is 0 Å². The molecule has 0 saturated heterocycles. The average Bonchev–Trinajstić information content (AvgIpc) is 2.29. The van der Waals surface area contributed by atoms with Gasteiger partial charge in [-0.25, -0.2) is 0 Å². The average molecular weight is 252 g/mol. The highest BCUT2D eigenvalue weighted by atomic mass is 35.5. The SMILES string of the molecule is CNCC(O)c1cc2cc(Cl)ccc2cc1O. The van der Waals surface area contributed by atoms with Crippen molar-refractivity contribution in [3.63, 3.8) is 0 Å². The van der Waals surface area contributed by atoms with E-state index in [1.54, 1.807) is 25.2 Å². The van der Waals surface area contributed by atoms with Crippen molar-refractivity contribution in [3.05, 3.63) is 40.9 Å². The predicted octanol–water partition coefficient (Wildman–Crippen LogP) is 2.45. The molecule has 3 N–H and O–H groups in total. The first-order valence-electron chi connectivity index (χ1n) is 5.36. The molecule has 2 aromatic rings. The number of rotatable bonds is 3. The van der Waals surface area contributed by atoms with Crippen LogP contribution in [-0.2, 0) is 0 Å². The Labute approximate surface area is 105 Å². The van der Waals surface area contributed by atoms with Gasteiger partial charge >= 0.3 is 0 Å². The molecule has 1 unspecified atom stereocenters. The monoisotopic (exact) mass is 251 g/mol. The zero-order valence-corrected chi connectivity index (χ0v) is 10.2. The Morgan fingerprint density at radius 3 is 2.71 bits per heavy atom. The molecular weight excluding hydrogens is 238 g/mol. The van der Waals surface area contributed by atoms with E-state index >= 15 is 0 Å². The molecule has 1 atom stereocenters. The first kappa shape index (κ1) is 12.2. The topological polar surface area (TPSA) is 52.5 Å². The number of phenolic OH excluding ortho intramolecular Hbond substituents is 1. The Kier molecular flexibility index (Phi) is 3.52. The summed E-state index contributed by atoms with van der Waals surface area (Å²) in [6.45, 7) is 0.389. The fraction of sp³-hybridized carbons (Fsp3) is 0.231. The zero-order chi connectivity index (χ0) is 12.4. The molecule has 0 bridgehead atoms. The number of benzene rings is 2.